The van der Waals surface area contributed by atoms with Crippen LogP contribution in [0.3, 0.4) is 0 Å². The molecule has 4 rings (SSSR count). The fraction of sp³-hybridized carbons (Fsp3) is 0.318. The number of likely N-dealkylation sites (tertiary alicyclic amines) is 1. The first-order valence-corrected chi connectivity index (χ1v) is 9.72. The third-order valence-corrected chi connectivity index (χ3v) is 5.07. The minimum absolute atomic E-state index is 0.0533. The second-order valence-corrected chi connectivity index (χ2v) is 6.89. The van der Waals surface area contributed by atoms with Crippen LogP contribution in [0.15, 0.2) is 53.1 Å². The van der Waals surface area contributed by atoms with E-state index in [1.807, 2.05) is 24.3 Å². The summed E-state index contributed by atoms with van der Waals surface area (Å²) < 4.78 is 21.4. The maximum Gasteiger partial charge on any atom is 0.261 e. The van der Waals surface area contributed by atoms with Crippen LogP contribution in [-0.4, -0.2) is 48.3 Å². The van der Waals surface area contributed by atoms with Gasteiger partial charge >= 0.3 is 0 Å². The Hall–Kier alpha value is -3.55. The number of ether oxygens (including phenoxy) is 3. The highest BCUT2D eigenvalue weighted by Crippen LogP contribution is 2.32. The van der Waals surface area contributed by atoms with Crippen molar-refractivity contribution >= 4 is 5.91 Å². The highest BCUT2D eigenvalue weighted by molar-refractivity contribution is 5.78. The smallest absolute Gasteiger partial charge is 0.261 e. The molecule has 8 heteroatoms. The molecule has 0 radical (unpaired) electrons. The molecule has 2 aromatic carbocycles. The van der Waals surface area contributed by atoms with Gasteiger partial charge in [0.2, 0.25) is 11.7 Å². The number of carbonyl (C=O) groups is 1. The van der Waals surface area contributed by atoms with Gasteiger partial charge in [0, 0.05) is 12.1 Å². The minimum Gasteiger partial charge on any atom is -0.497 e. The second kappa shape index (κ2) is 8.86. The molecule has 0 N–H and O–H groups in total. The maximum absolute atomic E-state index is 12.7. The standard InChI is InChI=1S/C22H23N3O5/c1-27-16-7-5-15(6-8-16)21-23-22(30-24-21)19-4-3-13-25(19)20(26)14-29-18-11-9-17(28-2)10-12-18/h5-12,19H,3-4,13-14H2,1-2H3/t19-/m1/s1. The van der Waals surface area contributed by atoms with Gasteiger partial charge in [0.1, 0.15) is 23.3 Å². The van der Waals surface area contributed by atoms with E-state index in [9.17, 15) is 4.79 Å². The lowest BCUT2D eigenvalue weighted by molar-refractivity contribution is -0.134. The molecule has 1 amide bonds. The van der Waals surface area contributed by atoms with Crippen LogP contribution < -0.4 is 14.2 Å². The van der Waals surface area contributed by atoms with Crippen LogP contribution in [0.2, 0.25) is 0 Å². The van der Waals surface area contributed by atoms with Gasteiger partial charge in [-0.3, -0.25) is 4.79 Å². The molecule has 1 aliphatic heterocycles. The van der Waals surface area contributed by atoms with Crippen molar-refractivity contribution in [3.05, 3.63) is 54.4 Å². The van der Waals surface area contributed by atoms with Crippen LogP contribution in [0, 0.1) is 0 Å². The van der Waals surface area contributed by atoms with Crippen LogP contribution in [0.25, 0.3) is 11.4 Å². The normalized spacial score (nSPS) is 15.8. The molecule has 1 fully saturated rings. The molecule has 30 heavy (non-hydrogen) atoms. The summed E-state index contributed by atoms with van der Waals surface area (Å²) in [5, 5.41) is 4.08. The van der Waals surface area contributed by atoms with Gasteiger partial charge in [-0.1, -0.05) is 5.16 Å². The highest BCUT2D eigenvalue weighted by atomic mass is 16.5. The number of hydrogen-bond donors (Lipinski definition) is 0. The first-order chi connectivity index (χ1) is 14.7. The van der Waals surface area contributed by atoms with Gasteiger partial charge in [-0.25, -0.2) is 0 Å². The lowest BCUT2D eigenvalue weighted by Crippen LogP contribution is -2.34. The average Bonchev–Trinajstić information content (AvgIpc) is 3.47. The number of carbonyl (C=O) groups excluding carboxylic acids is 1. The SMILES string of the molecule is COc1ccc(OCC(=O)N2CCC[C@@H]2c2nc(-c3ccc(OC)cc3)no2)cc1. The van der Waals surface area contributed by atoms with Crippen molar-refractivity contribution in [2.24, 2.45) is 0 Å². The molecule has 0 saturated carbocycles. The van der Waals surface area contributed by atoms with Crippen LogP contribution in [-0.2, 0) is 4.79 Å². The molecule has 0 bridgehead atoms. The fourth-order valence-corrected chi connectivity index (χ4v) is 3.45. The Morgan fingerprint density at radius 3 is 2.33 bits per heavy atom. The molecule has 2 heterocycles. The predicted octanol–water partition coefficient (Wildman–Crippen LogP) is 3.50. The zero-order chi connectivity index (χ0) is 20.9. The predicted molar refractivity (Wildman–Crippen MR) is 108 cm³/mol. The number of methoxy groups -OCH3 is 2. The molecule has 1 saturated heterocycles. The summed E-state index contributed by atoms with van der Waals surface area (Å²) in [6.45, 7) is 0.581. The second-order valence-electron chi connectivity index (χ2n) is 6.89. The summed E-state index contributed by atoms with van der Waals surface area (Å²) in [5.74, 6) is 2.92. The van der Waals surface area contributed by atoms with Crippen molar-refractivity contribution in [3.63, 3.8) is 0 Å². The lowest BCUT2D eigenvalue weighted by Gasteiger charge is -2.21. The lowest BCUT2D eigenvalue weighted by atomic mass is 10.2. The summed E-state index contributed by atoms with van der Waals surface area (Å²) in [5.41, 5.74) is 0.824. The highest BCUT2D eigenvalue weighted by Gasteiger charge is 2.34. The van der Waals surface area contributed by atoms with Gasteiger partial charge in [-0.05, 0) is 61.4 Å². The van der Waals surface area contributed by atoms with Crippen molar-refractivity contribution in [1.82, 2.24) is 15.0 Å². The first-order valence-electron chi connectivity index (χ1n) is 9.72. The Labute approximate surface area is 174 Å². The topological polar surface area (TPSA) is 86.9 Å². The van der Waals surface area contributed by atoms with Crippen LogP contribution in [0.4, 0.5) is 0 Å². The summed E-state index contributed by atoms with van der Waals surface area (Å²) in [6, 6.07) is 14.3. The fourth-order valence-electron chi connectivity index (χ4n) is 3.45. The zero-order valence-electron chi connectivity index (χ0n) is 16.9. The largest absolute Gasteiger partial charge is 0.497 e. The van der Waals surface area contributed by atoms with Gasteiger partial charge in [0.05, 0.1) is 14.2 Å². The average molecular weight is 409 g/mol. The summed E-state index contributed by atoms with van der Waals surface area (Å²) in [6.07, 6.45) is 1.65. The molecule has 156 valence electrons. The Kier molecular flexibility index (Phi) is 5.83. The van der Waals surface area contributed by atoms with Crippen LogP contribution >= 0.6 is 0 Å². The van der Waals surface area contributed by atoms with E-state index in [0.717, 1.165) is 29.9 Å². The molecule has 1 aromatic heterocycles. The molecule has 0 spiro atoms. The number of aromatic nitrogens is 2. The van der Waals surface area contributed by atoms with E-state index in [4.69, 9.17) is 18.7 Å². The molecule has 0 unspecified atom stereocenters. The third kappa shape index (κ3) is 4.22. The Morgan fingerprint density at radius 2 is 1.67 bits per heavy atom. The van der Waals surface area contributed by atoms with E-state index in [1.54, 1.807) is 43.4 Å². The monoisotopic (exact) mass is 409 g/mol. The molecular weight excluding hydrogens is 386 g/mol. The van der Waals surface area contributed by atoms with E-state index in [2.05, 4.69) is 10.1 Å². The Balaban J connectivity index is 1.41. The van der Waals surface area contributed by atoms with E-state index >= 15 is 0 Å². The van der Waals surface area contributed by atoms with Gasteiger partial charge in [0.15, 0.2) is 6.61 Å². The maximum atomic E-state index is 12.7. The van der Waals surface area contributed by atoms with Crippen LogP contribution in [0.1, 0.15) is 24.8 Å². The number of nitrogens with zero attached hydrogens (tertiary/aromatic N) is 3. The van der Waals surface area contributed by atoms with Crippen LogP contribution in [0.5, 0.6) is 17.2 Å². The minimum atomic E-state index is -0.239. The molecule has 3 aromatic rings. The number of benzene rings is 2. The first kappa shape index (κ1) is 19.8. The molecule has 1 atom stereocenters. The molecular formula is C22H23N3O5. The molecule has 1 aliphatic rings. The summed E-state index contributed by atoms with van der Waals surface area (Å²) in [7, 11) is 3.22. The van der Waals surface area contributed by atoms with E-state index in [-0.39, 0.29) is 18.6 Å². The van der Waals surface area contributed by atoms with E-state index in [1.165, 1.54) is 0 Å². The van der Waals surface area contributed by atoms with Crippen molar-refractivity contribution in [1.29, 1.82) is 0 Å². The summed E-state index contributed by atoms with van der Waals surface area (Å²) >= 11 is 0. The van der Waals surface area contributed by atoms with Gasteiger partial charge in [-0.15, -0.1) is 0 Å². The summed E-state index contributed by atoms with van der Waals surface area (Å²) in [4.78, 5) is 19.0. The molecule has 8 nitrogen and oxygen atoms in total. The number of hydrogen-bond acceptors (Lipinski definition) is 7. The van der Waals surface area contributed by atoms with E-state index in [0.29, 0.717) is 24.0 Å². The number of amides is 1. The number of rotatable bonds is 7. The van der Waals surface area contributed by atoms with Crippen molar-refractivity contribution in [3.8, 4) is 28.6 Å². The van der Waals surface area contributed by atoms with Crippen molar-refractivity contribution in [2.45, 2.75) is 18.9 Å². The van der Waals surface area contributed by atoms with Gasteiger partial charge in [0.25, 0.3) is 5.91 Å². The quantitative estimate of drug-likeness (QED) is 0.590. The zero-order valence-corrected chi connectivity index (χ0v) is 16.9. The molecule has 0 aliphatic carbocycles. The van der Waals surface area contributed by atoms with Gasteiger partial charge in [-0.2, -0.15) is 4.98 Å². The Morgan fingerprint density at radius 1 is 1.03 bits per heavy atom. The third-order valence-electron chi connectivity index (χ3n) is 5.07. The van der Waals surface area contributed by atoms with E-state index < -0.39 is 0 Å². The Bertz CT molecular complexity index is 985. The van der Waals surface area contributed by atoms with Gasteiger partial charge < -0.3 is 23.6 Å². The van der Waals surface area contributed by atoms with Crippen molar-refractivity contribution < 1.29 is 23.5 Å². The van der Waals surface area contributed by atoms with Crippen molar-refractivity contribution in [2.75, 3.05) is 27.4 Å².